The van der Waals surface area contributed by atoms with Crippen LogP contribution in [0.2, 0.25) is 0 Å². The van der Waals surface area contributed by atoms with Crippen molar-refractivity contribution in [3.8, 4) is 0 Å². The summed E-state index contributed by atoms with van der Waals surface area (Å²) in [6, 6.07) is -1.08. The average molecular weight is 478 g/mol. The van der Waals surface area contributed by atoms with Crippen LogP contribution in [-0.2, 0) is 4.79 Å². The second-order valence-electron chi connectivity index (χ2n) is 6.72. The second kappa shape index (κ2) is 6.09. The molecule has 174 valence electrons. The number of amides is 1. The number of para-hydroxylation sites is 2. The Morgan fingerprint density at radius 3 is 1.71 bits per heavy atom. The van der Waals surface area contributed by atoms with Gasteiger partial charge in [-0.05, 0) is 12.1 Å². The van der Waals surface area contributed by atoms with Crippen LogP contribution >= 0.6 is 0 Å². The summed E-state index contributed by atoms with van der Waals surface area (Å²) in [5.41, 5.74) is -0.658. The average Bonchev–Trinajstić information content (AvgIpc) is 3.37. The van der Waals surface area contributed by atoms with E-state index in [9.17, 15) is 61.9 Å². The molecule has 0 saturated carbocycles. The van der Waals surface area contributed by atoms with Crippen LogP contribution in [0.5, 0.6) is 0 Å². The molecule has 16 heteroatoms. The summed E-state index contributed by atoms with van der Waals surface area (Å²) in [6.45, 7) is 0. The first kappa shape index (κ1) is 23.2. The van der Waals surface area contributed by atoms with E-state index in [0.29, 0.717) is 0 Å². The third-order valence-electron chi connectivity index (χ3n) is 4.85. The molecule has 0 unspecified atom stereocenters. The van der Waals surface area contributed by atoms with Crippen molar-refractivity contribution in [2.75, 3.05) is 10.2 Å². The molecule has 2 atom stereocenters. The molecule has 0 aromatic heterocycles. The van der Waals surface area contributed by atoms with Gasteiger partial charge in [-0.1, -0.05) is 12.1 Å². The summed E-state index contributed by atoms with van der Waals surface area (Å²) in [6.07, 6.45) is -7.47. The smallest absolute Gasteiger partial charge is 0.344 e. The third kappa shape index (κ3) is 2.71. The minimum Gasteiger partial charge on any atom is -0.344 e. The zero-order valence-electron chi connectivity index (χ0n) is 14.2. The highest BCUT2D eigenvalue weighted by Gasteiger charge is 2.93. The number of rotatable bonds is 5. The van der Waals surface area contributed by atoms with E-state index in [1.54, 1.807) is 0 Å². The van der Waals surface area contributed by atoms with Crippen LogP contribution in [0, 0.1) is 0 Å². The molecular formula is C15H7F13N2O. The van der Waals surface area contributed by atoms with Crippen LogP contribution < -0.4 is 10.2 Å². The molecule has 1 aromatic rings. The highest BCUT2D eigenvalue weighted by Crippen LogP contribution is 2.63. The Hall–Kier alpha value is -2.42. The van der Waals surface area contributed by atoms with Gasteiger partial charge in [-0.3, -0.25) is 4.79 Å². The SMILES string of the molecule is O=C1Nc2ccccc2N2[C@H](C(F)(F)C(F)(F)C(F)(F)C(F)(F)C(F)(F)C(F)(F)F)[C@H]12. The number of benzene rings is 1. The lowest BCUT2D eigenvalue weighted by Crippen LogP contribution is -2.71. The number of carbonyl (C=O) groups is 1. The number of alkyl halides is 13. The van der Waals surface area contributed by atoms with E-state index >= 15 is 0 Å². The number of hydrogen-bond donors (Lipinski definition) is 1. The highest BCUT2D eigenvalue weighted by atomic mass is 19.4. The fourth-order valence-corrected chi connectivity index (χ4v) is 3.15. The van der Waals surface area contributed by atoms with Gasteiger partial charge in [0.2, 0.25) is 5.91 Å². The maximum absolute atomic E-state index is 14.4. The largest absolute Gasteiger partial charge is 0.460 e. The molecule has 1 amide bonds. The van der Waals surface area contributed by atoms with Gasteiger partial charge < -0.3 is 10.2 Å². The molecule has 2 heterocycles. The number of nitrogens with one attached hydrogen (secondary N) is 1. The molecular weight excluding hydrogens is 471 g/mol. The van der Waals surface area contributed by atoms with Gasteiger partial charge in [-0.2, -0.15) is 57.1 Å². The van der Waals surface area contributed by atoms with Gasteiger partial charge >= 0.3 is 35.8 Å². The fraction of sp³-hybridized carbons (Fsp3) is 0.533. The summed E-state index contributed by atoms with van der Waals surface area (Å²) in [7, 11) is 0. The molecule has 1 saturated heterocycles. The highest BCUT2D eigenvalue weighted by molar-refractivity contribution is 6.09. The van der Waals surface area contributed by atoms with Crippen molar-refractivity contribution in [3.63, 3.8) is 0 Å². The molecule has 0 spiro atoms. The lowest BCUT2D eigenvalue weighted by molar-refractivity contribution is -0.439. The number of halogens is 13. The summed E-state index contributed by atoms with van der Waals surface area (Å²) >= 11 is 0. The van der Waals surface area contributed by atoms with E-state index in [-0.39, 0.29) is 10.6 Å². The molecule has 3 nitrogen and oxygen atoms in total. The Labute approximate surface area is 162 Å². The number of carbonyl (C=O) groups excluding carboxylic acids is 1. The van der Waals surface area contributed by atoms with Crippen LogP contribution in [0.25, 0.3) is 0 Å². The van der Waals surface area contributed by atoms with Gasteiger partial charge in [0, 0.05) is 0 Å². The molecule has 0 radical (unpaired) electrons. The van der Waals surface area contributed by atoms with E-state index in [1.807, 2.05) is 5.32 Å². The molecule has 0 aliphatic carbocycles. The first-order valence-electron chi connectivity index (χ1n) is 7.89. The van der Waals surface area contributed by atoms with Crippen molar-refractivity contribution in [3.05, 3.63) is 24.3 Å². The summed E-state index contributed by atoms with van der Waals surface area (Å²) in [5.74, 6) is -38.9. The van der Waals surface area contributed by atoms with Crippen molar-refractivity contribution in [2.24, 2.45) is 0 Å². The van der Waals surface area contributed by atoms with Gasteiger partial charge in [-0.15, -0.1) is 0 Å². The Kier molecular flexibility index (Phi) is 4.56. The van der Waals surface area contributed by atoms with E-state index in [1.165, 1.54) is 6.07 Å². The first-order valence-corrected chi connectivity index (χ1v) is 7.89. The molecule has 0 bridgehead atoms. The third-order valence-corrected chi connectivity index (χ3v) is 4.85. The van der Waals surface area contributed by atoms with Crippen molar-refractivity contribution in [1.82, 2.24) is 0 Å². The van der Waals surface area contributed by atoms with Gasteiger partial charge in [0.15, 0.2) is 0 Å². The maximum Gasteiger partial charge on any atom is 0.460 e. The van der Waals surface area contributed by atoms with Crippen LogP contribution in [-0.4, -0.2) is 53.8 Å². The minimum atomic E-state index is -7.97. The normalized spacial score (nSPS) is 22.6. The van der Waals surface area contributed by atoms with Crippen molar-refractivity contribution >= 4 is 17.3 Å². The van der Waals surface area contributed by atoms with Crippen molar-refractivity contribution in [1.29, 1.82) is 0 Å². The Morgan fingerprint density at radius 2 is 1.19 bits per heavy atom. The Bertz CT molecular complexity index is 910. The van der Waals surface area contributed by atoms with Crippen LogP contribution in [0.3, 0.4) is 0 Å². The topological polar surface area (TPSA) is 32.1 Å². The molecule has 2 aliphatic heterocycles. The van der Waals surface area contributed by atoms with Crippen molar-refractivity contribution in [2.45, 2.75) is 47.9 Å². The standard InChI is InChI=1S/C15H7F13N2O/c16-10(17,8-7-9(31)29-5-3-1-2-4-6(5)30(7)8)11(18,19)12(20,21)13(22,23)14(24,25)15(26,27)28/h1-4,7-8H,(H,29,31)/t7-,8+,30?/m1/s1. The monoisotopic (exact) mass is 478 g/mol. The fourth-order valence-electron chi connectivity index (χ4n) is 3.15. The van der Waals surface area contributed by atoms with Crippen LogP contribution in [0.15, 0.2) is 24.3 Å². The van der Waals surface area contributed by atoms with Crippen molar-refractivity contribution < 1.29 is 61.9 Å². The Morgan fingerprint density at radius 1 is 0.710 bits per heavy atom. The molecule has 1 aromatic carbocycles. The van der Waals surface area contributed by atoms with E-state index in [0.717, 1.165) is 18.2 Å². The van der Waals surface area contributed by atoms with Crippen LogP contribution in [0.1, 0.15) is 0 Å². The van der Waals surface area contributed by atoms with Crippen LogP contribution in [0.4, 0.5) is 68.5 Å². The Balaban J connectivity index is 2.04. The van der Waals surface area contributed by atoms with E-state index in [4.69, 9.17) is 0 Å². The second-order valence-corrected chi connectivity index (χ2v) is 6.72. The lowest BCUT2D eigenvalue weighted by Gasteiger charge is -2.39. The predicted molar refractivity (Wildman–Crippen MR) is 75.9 cm³/mol. The number of anilines is 2. The molecule has 31 heavy (non-hydrogen) atoms. The number of nitrogens with zero attached hydrogens (tertiary/aromatic N) is 1. The van der Waals surface area contributed by atoms with E-state index in [2.05, 4.69) is 0 Å². The minimum absolute atomic E-state index is 0.137. The number of fused-ring (bicyclic) bond motifs is 3. The van der Waals surface area contributed by atoms with Gasteiger partial charge in [0.1, 0.15) is 12.1 Å². The first-order chi connectivity index (χ1) is 13.7. The zero-order valence-corrected chi connectivity index (χ0v) is 14.2. The molecule has 1 fully saturated rings. The quantitative estimate of drug-likeness (QED) is 0.481. The lowest BCUT2D eigenvalue weighted by atomic mass is 9.91. The van der Waals surface area contributed by atoms with Gasteiger partial charge in [0.05, 0.1) is 11.4 Å². The molecule has 1 N–H and O–H groups in total. The summed E-state index contributed by atoms with van der Waals surface area (Å²) in [5, 5.41) is 1.95. The summed E-state index contributed by atoms with van der Waals surface area (Å²) < 4.78 is 173. The predicted octanol–water partition coefficient (Wildman–Crippen LogP) is 4.93. The zero-order chi connectivity index (χ0) is 24.0. The van der Waals surface area contributed by atoms with E-state index < -0.39 is 59.5 Å². The molecule has 3 rings (SSSR count). The number of hydrogen-bond acceptors (Lipinski definition) is 2. The molecule has 2 aliphatic rings. The van der Waals surface area contributed by atoms with Gasteiger partial charge in [0.25, 0.3) is 0 Å². The van der Waals surface area contributed by atoms with Gasteiger partial charge in [-0.25, -0.2) is 0 Å². The summed E-state index contributed by atoms with van der Waals surface area (Å²) in [4.78, 5) is 11.9. The maximum atomic E-state index is 14.4.